The highest BCUT2D eigenvalue weighted by molar-refractivity contribution is 7.45. The van der Waals surface area contributed by atoms with Crippen LogP contribution in [0.2, 0.25) is 0 Å². The van der Waals surface area contributed by atoms with E-state index >= 15 is 0 Å². The van der Waals surface area contributed by atoms with Crippen molar-refractivity contribution in [2.24, 2.45) is 0 Å². The maximum atomic E-state index is 12.8. The van der Waals surface area contributed by atoms with E-state index in [2.05, 4.69) is 43.5 Å². The number of aliphatic hydroxyl groups excluding tert-OH is 1. The Morgan fingerprint density at radius 3 is 1.33 bits per heavy atom. The first-order valence-electron chi connectivity index (χ1n) is 26.9. The molecule has 3 unspecified atom stereocenters. The number of unbranched alkanes of at least 4 members (excludes halogenated alkanes) is 32. The standard InChI is InChI=1S/C54H105N2O6P/c1-6-8-10-12-14-16-18-19-20-21-22-23-24-25-26-27-28-29-30-31-32-33-34-35-36-38-39-41-43-45-47-53(57)52(51-62-63(59,60)61-50-49-56(3,4)5)55-54(58)48-46-44-42-40-37-17-15-13-11-9-7-2/h13,15,38-39,45,47,52-53,57H,6-12,14,16-37,40-44,46,48-51H2,1-5H3,(H-,55,58,59,60)/b15-13-,39-38+,47-45+. The van der Waals surface area contributed by atoms with E-state index in [1.54, 1.807) is 6.08 Å². The van der Waals surface area contributed by atoms with E-state index in [4.69, 9.17) is 9.05 Å². The quantitative estimate of drug-likeness (QED) is 0.0272. The molecule has 0 fully saturated rings. The number of phosphoric ester groups is 1. The molecule has 0 aromatic heterocycles. The molecule has 1 amide bonds. The summed E-state index contributed by atoms with van der Waals surface area (Å²) >= 11 is 0. The lowest BCUT2D eigenvalue weighted by molar-refractivity contribution is -0.870. The smallest absolute Gasteiger partial charge is 0.268 e. The number of aliphatic hydroxyl groups is 1. The van der Waals surface area contributed by atoms with Crippen molar-refractivity contribution in [3.8, 4) is 0 Å². The minimum atomic E-state index is -4.60. The summed E-state index contributed by atoms with van der Waals surface area (Å²) in [7, 11) is 1.24. The predicted octanol–water partition coefficient (Wildman–Crippen LogP) is 15.2. The fourth-order valence-electron chi connectivity index (χ4n) is 7.80. The summed E-state index contributed by atoms with van der Waals surface area (Å²) in [4.78, 5) is 25.3. The zero-order valence-corrected chi connectivity index (χ0v) is 43.2. The molecular formula is C54H105N2O6P. The highest BCUT2D eigenvalue weighted by Crippen LogP contribution is 2.38. The lowest BCUT2D eigenvalue weighted by Gasteiger charge is -2.29. The number of phosphoric acid groups is 1. The van der Waals surface area contributed by atoms with Crippen molar-refractivity contribution >= 4 is 13.7 Å². The van der Waals surface area contributed by atoms with Crippen molar-refractivity contribution in [1.82, 2.24) is 5.32 Å². The topological polar surface area (TPSA) is 108 Å². The summed E-state index contributed by atoms with van der Waals surface area (Å²) in [6, 6.07) is -0.906. The number of hydrogen-bond donors (Lipinski definition) is 2. The molecule has 0 radical (unpaired) electrons. The molecular weight excluding hydrogens is 804 g/mol. The fourth-order valence-corrected chi connectivity index (χ4v) is 8.52. The summed E-state index contributed by atoms with van der Waals surface area (Å²) in [5.74, 6) is -0.217. The van der Waals surface area contributed by atoms with Gasteiger partial charge in [0, 0.05) is 6.42 Å². The van der Waals surface area contributed by atoms with E-state index in [1.165, 1.54) is 167 Å². The fraction of sp³-hybridized carbons (Fsp3) is 0.870. The van der Waals surface area contributed by atoms with Gasteiger partial charge in [-0.1, -0.05) is 230 Å². The van der Waals surface area contributed by atoms with Crippen molar-refractivity contribution in [1.29, 1.82) is 0 Å². The van der Waals surface area contributed by atoms with Gasteiger partial charge in [0.15, 0.2) is 0 Å². The maximum Gasteiger partial charge on any atom is 0.268 e. The molecule has 0 aliphatic rings. The van der Waals surface area contributed by atoms with E-state index in [9.17, 15) is 19.4 Å². The number of amides is 1. The second-order valence-corrected chi connectivity index (χ2v) is 21.0. The minimum absolute atomic E-state index is 0.00785. The molecule has 2 N–H and O–H groups in total. The second kappa shape index (κ2) is 45.9. The van der Waals surface area contributed by atoms with Gasteiger partial charge in [-0.3, -0.25) is 9.36 Å². The highest BCUT2D eigenvalue weighted by Gasteiger charge is 2.23. The number of rotatable bonds is 49. The Hall–Kier alpha value is -1.28. The summed E-state index contributed by atoms with van der Waals surface area (Å²) in [6.45, 7) is 4.59. The molecule has 372 valence electrons. The molecule has 0 aromatic rings. The van der Waals surface area contributed by atoms with Gasteiger partial charge in [0.1, 0.15) is 13.2 Å². The predicted molar refractivity (Wildman–Crippen MR) is 270 cm³/mol. The minimum Gasteiger partial charge on any atom is -0.756 e. The van der Waals surface area contributed by atoms with Crippen LogP contribution in [0.25, 0.3) is 0 Å². The first kappa shape index (κ1) is 61.7. The maximum absolute atomic E-state index is 12.8. The molecule has 0 bridgehead atoms. The molecule has 0 saturated carbocycles. The molecule has 63 heavy (non-hydrogen) atoms. The Morgan fingerprint density at radius 2 is 0.905 bits per heavy atom. The van der Waals surface area contributed by atoms with Crippen LogP contribution in [0.15, 0.2) is 36.5 Å². The highest BCUT2D eigenvalue weighted by atomic mass is 31.2. The normalized spacial score (nSPS) is 14.3. The van der Waals surface area contributed by atoms with Gasteiger partial charge >= 0.3 is 0 Å². The monoisotopic (exact) mass is 909 g/mol. The van der Waals surface area contributed by atoms with E-state index in [1.807, 2.05) is 27.2 Å². The third-order valence-corrected chi connectivity index (χ3v) is 13.0. The molecule has 0 aliphatic heterocycles. The Morgan fingerprint density at radius 1 is 0.540 bits per heavy atom. The Balaban J connectivity index is 4.13. The van der Waals surface area contributed by atoms with Crippen molar-refractivity contribution in [2.75, 3.05) is 40.9 Å². The van der Waals surface area contributed by atoms with Crippen LogP contribution in [0.1, 0.15) is 251 Å². The van der Waals surface area contributed by atoms with Crippen LogP contribution in [0.3, 0.4) is 0 Å². The van der Waals surface area contributed by atoms with Crippen LogP contribution in [-0.4, -0.2) is 68.5 Å². The molecule has 0 saturated heterocycles. The average molecular weight is 909 g/mol. The number of likely N-dealkylation sites (N-methyl/N-ethyl adjacent to an activating group) is 1. The van der Waals surface area contributed by atoms with E-state index < -0.39 is 26.6 Å². The number of carbonyl (C=O) groups is 1. The lowest BCUT2D eigenvalue weighted by atomic mass is 10.0. The van der Waals surface area contributed by atoms with Crippen LogP contribution in [0, 0.1) is 0 Å². The van der Waals surface area contributed by atoms with Crippen LogP contribution in [0.5, 0.6) is 0 Å². The molecule has 3 atom stereocenters. The van der Waals surface area contributed by atoms with Crippen LogP contribution >= 0.6 is 7.82 Å². The first-order valence-corrected chi connectivity index (χ1v) is 28.3. The van der Waals surface area contributed by atoms with Gasteiger partial charge in [-0.15, -0.1) is 0 Å². The van der Waals surface area contributed by atoms with Gasteiger partial charge in [-0.25, -0.2) is 0 Å². The number of hydrogen-bond acceptors (Lipinski definition) is 6. The number of nitrogens with one attached hydrogen (secondary N) is 1. The van der Waals surface area contributed by atoms with E-state index in [-0.39, 0.29) is 12.5 Å². The van der Waals surface area contributed by atoms with E-state index in [0.29, 0.717) is 17.4 Å². The summed E-state index contributed by atoms with van der Waals surface area (Å²) < 4.78 is 23.2. The number of carbonyl (C=O) groups excluding carboxylic acids is 1. The van der Waals surface area contributed by atoms with Gasteiger partial charge in [-0.2, -0.15) is 0 Å². The van der Waals surface area contributed by atoms with Gasteiger partial charge < -0.3 is 28.8 Å². The van der Waals surface area contributed by atoms with Gasteiger partial charge in [0.2, 0.25) is 5.91 Å². The van der Waals surface area contributed by atoms with E-state index in [0.717, 1.165) is 64.2 Å². The van der Waals surface area contributed by atoms with Crippen LogP contribution < -0.4 is 10.2 Å². The largest absolute Gasteiger partial charge is 0.756 e. The third kappa shape index (κ3) is 48.5. The first-order chi connectivity index (χ1) is 30.5. The molecule has 8 nitrogen and oxygen atoms in total. The zero-order chi connectivity index (χ0) is 46.4. The van der Waals surface area contributed by atoms with Crippen molar-refractivity contribution in [3.05, 3.63) is 36.5 Å². The Bertz CT molecular complexity index is 1120. The van der Waals surface area contributed by atoms with Crippen LogP contribution in [0.4, 0.5) is 0 Å². The third-order valence-electron chi connectivity index (χ3n) is 12.1. The molecule has 0 spiro atoms. The lowest BCUT2D eigenvalue weighted by Crippen LogP contribution is -2.45. The van der Waals surface area contributed by atoms with Gasteiger partial charge in [-0.05, 0) is 51.4 Å². The van der Waals surface area contributed by atoms with Crippen molar-refractivity contribution < 1.29 is 32.9 Å². The molecule has 0 heterocycles. The molecule has 0 aliphatic carbocycles. The van der Waals surface area contributed by atoms with Crippen molar-refractivity contribution in [3.63, 3.8) is 0 Å². The number of nitrogens with zero attached hydrogens (tertiary/aromatic N) is 1. The summed E-state index contributed by atoms with van der Waals surface area (Å²) in [5, 5.41) is 13.8. The van der Waals surface area contributed by atoms with Gasteiger partial charge in [0.05, 0.1) is 39.9 Å². The van der Waals surface area contributed by atoms with Crippen molar-refractivity contribution in [2.45, 2.75) is 264 Å². The molecule has 0 rings (SSSR count). The molecule has 0 aromatic carbocycles. The Kier molecular flexibility index (Phi) is 44.9. The summed E-state index contributed by atoms with van der Waals surface area (Å²) in [6.07, 6.45) is 58.1. The SMILES string of the molecule is CCCC/C=C\CCCCCCCC(=O)NC(COP(=O)([O-])OCC[N+](C)(C)C)C(O)/C=C/CC/C=C/CCCCCCCCCCCCCCCCCCCCCCCCCC. The Labute approximate surface area is 391 Å². The second-order valence-electron chi connectivity index (χ2n) is 19.6. The van der Waals surface area contributed by atoms with Gasteiger partial charge in [0.25, 0.3) is 7.82 Å². The average Bonchev–Trinajstić information content (AvgIpc) is 3.24. The summed E-state index contributed by atoms with van der Waals surface area (Å²) in [5.41, 5.74) is 0. The number of allylic oxidation sites excluding steroid dienone is 5. The number of quaternary nitrogens is 1. The molecule has 9 heteroatoms. The zero-order valence-electron chi connectivity index (χ0n) is 42.3. The van der Waals surface area contributed by atoms with Crippen LogP contribution in [-0.2, 0) is 18.4 Å².